The zero-order chi connectivity index (χ0) is 37.9. The highest BCUT2D eigenvalue weighted by molar-refractivity contribution is 8.03. The Morgan fingerprint density at radius 3 is 1.15 bits per heavy atom. The number of rotatable bonds is 10. The van der Waals surface area contributed by atoms with E-state index in [4.69, 9.17) is 0 Å². The van der Waals surface area contributed by atoms with Gasteiger partial charge in [0.15, 0.2) is 0 Å². The third-order valence-corrected chi connectivity index (χ3v) is 14.6. The maximum atomic E-state index is 12.0. The van der Waals surface area contributed by atoms with Gasteiger partial charge in [0.25, 0.3) is 0 Å². The molecule has 0 spiro atoms. The average Bonchev–Trinajstić information content (AvgIpc) is 3.08. The third-order valence-electron chi connectivity index (χ3n) is 11.5. The van der Waals surface area contributed by atoms with Gasteiger partial charge in [0.2, 0.25) is 0 Å². The van der Waals surface area contributed by atoms with Gasteiger partial charge in [-0.15, -0.1) is 0 Å². The smallest absolute Gasteiger partial charge is 0.123 e. The summed E-state index contributed by atoms with van der Waals surface area (Å²) in [6, 6.07) is 30.2. The van der Waals surface area contributed by atoms with Crippen molar-refractivity contribution in [2.24, 2.45) is 0 Å². The molecular formula is C48H64O2S2. The van der Waals surface area contributed by atoms with Gasteiger partial charge in [-0.1, -0.05) is 180 Å². The Morgan fingerprint density at radius 1 is 0.481 bits per heavy atom. The molecule has 1 aliphatic carbocycles. The summed E-state index contributed by atoms with van der Waals surface area (Å²) in [5.41, 5.74) is 8.33. The largest absolute Gasteiger partial charge is 0.507 e. The second-order valence-corrected chi connectivity index (χ2v) is 20.7. The van der Waals surface area contributed by atoms with E-state index in [0.717, 1.165) is 33.8 Å². The topological polar surface area (TPSA) is 40.5 Å². The fourth-order valence-corrected chi connectivity index (χ4v) is 10.7. The predicted octanol–water partition coefficient (Wildman–Crippen LogP) is 13.6. The van der Waals surface area contributed by atoms with Gasteiger partial charge in [-0.3, -0.25) is 0 Å². The molecule has 0 aliphatic heterocycles. The minimum Gasteiger partial charge on any atom is -0.507 e. The maximum absolute atomic E-state index is 12.0. The van der Waals surface area contributed by atoms with Gasteiger partial charge in [0, 0.05) is 55.1 Å². The van der Waals surface area contributed by atoms with Crippen LogP contribution < -0.4 is 0 Å². The van der Waals surface area contributed by atoms with E-state index in [9.17, 15) is 10.2 Å². The fourth-order valence-electron chi connectivity index (χ4n) is 7.64. The van der Waals surface area contributed by atoms with E-state index >= 15 is 0 Å². The molecule has 1 saturated carbocycles. The highest BCUT2D eigenvalue weighted by Crippen LogP contribution is 2.46. The molecule has 0 heterocycles. The van der Waals surface area contributed by atoms with E-state index in [0.29, 0.717) is 22.0 Å². The van der Waals surface area contributed by atoms with E-state index in [1.165, 1.54) is 60.8 Å². The molecule has 0 bridgehead atoms. The normalized spacial score (nSPS) is 17.8. The number of benzene rings is 4. The summed E-state index contributed by atoms with van der Waals surface area (Å²) in [4.78, 5) is 0. The first-order valence-corrected chi connectivity index (χ1v) is 21.6. The van der Waals surface area contributed by atoms with Crippen molar-refractivity contribution in [3.8, 4) is 11.5 Å². The Labute approximate surface area is 324 Å². The van der Waals surface area contributed by atoms with Gasteiger partial charge in [-0.05, 0) is 45.9 Å². The molecule has 52 heavy (non-hydrogen) atoms. The molecule has 2 N–H and O–H groups in total. The van der Waals surface area contributed by atoms with Crippen LogP contribution in [0.5, 0.6) is 11.5 Å². The molecule has 2 atom stereocenters. The Kier molecular flexibility index (Phi) is 12.6. The van der Waals surface area contributed by atoms with Gasteiger partial charge >= 0.3 is 0 Å². The molecular weight excluding hydrogens is 673 g/mol. The van der Waals surface area contributed by atoms with Gasteiger partial charge in [-0.2, -0.15) is 23.5 Å². The number of aromatic hydroxyl groups is 2. The van der Waals surface area contributed by atoms with Crippen LogP contribution in [-0.2, 0) is 33.2 Å². The molecule has 4 heteroatoms. The van der Waals surface area contributed by atoms with E-state index in [-0.39, 0.29) is 21.7 Å². The van der Waals surface area contributed by atoms with Crippen molar-refractivity contribution in [1.82, 2.24) is 0 Å². The van der Waals surface area contributed by atoms with E-state index in [1.54, 1.807) is 0 Å². The van der Waals surface area contributed by atoms with Crippen molar-refractivity contribution in [2.75, 3.05) is 0 Å². The number of thioether (sulfide) groups is 2. The number of phenols is 2. The summed E-state index contributed by atoms with van der Waals surface area (Å²) in [5, 5.41) is 24.9. The quantitative estimate of drug-likeness (QED) is 0.170. The van der Waals surface area contributed by atoms with Gasteiger partial charge < -0.3 is 10.2 Å². The van der Waals surface area contributed by atoms with Crippen LogP contribution in [0.15, 0.2) is 84.9 Å². The molecule has 2 nitrogen and oxygen atoms in total. The molecule has 1 fully saturated rings. The molecule has 280 valence electrons. The highest BCUT2D eigenvalue weighted by Gasteiger charge is 2.33. The highest BCUT2D eigenvalue weighted by atomic mass is 32.2. The molecule has 0 saturated heterocycles. The first-order valence-electron chi connectivity index (χ1n) is 19.5. The Balaban J connectivity index is 1.44. The second-order valence-electron chi connectivity index (χ2n) is 18.2. The molecule has 5 rings (SSSR count). The lowest BCUT2D eigenvalue weighted by Crippen LogP contribution is -2.24. The van der Waals surface area contributed by atoms with Crippen LogP contribution >= 0.6 is 23.5 Å². The van der Waals surface area contributed by atoms with Crippen molar-refractivity contribution in [1.29, 1.82) is 0 Å². The number of phenolic OH excluding ortho intramolecular Hbond substituents is 2. The summed E-state index contributed by atoms with van der Waals surface area (Å²) in [5.74, 6) is 2.47. The Morgan fingerprint density at radius 2 is 0.827 bits per heavy atom. The van der Waals surface area contributed by atoms with E-state index < -0.39 is 0 Å². The summed E-state index contributed by atoms with van der Waals surface area (Å²) in [6.07, 6.45) is 7.45. The summed E-state index contributed by atoms with van der Waals surface area (Å²) < 4.78 is 0. The third kappa shape index (κ3) is 9.27. The Bertz CT molecular complexity index is 1640. The van der Waals surface area contributed by atoms with Gasteiger partial charge in [-0.25, -0.2) is 0 Å². The SMILES string of the molecule is CC(C)(C)c1cc(CSC2CCCCCC[C@@H]2SCc2cc(C(C)(C)C)cc(C(C)(C)c3ccccc3)c2O)c(O)c(C(C)(C)c2ccccc2)c1. The van der Waals surface area contributed by atoms with Crippen LogP contribution in [0.4, 0.5) is 0 Å². The second kappa shape index (κ2) is 16.3. The van der Waals surface area contributed by atoms with Crippen LogP contribution in [0.25, 0.3) is 0 Å². The first kappa shape index (κ1) is 40.4. The standard InChI is InChI=1S/C48H64O2S2/c1-45(2,3)37-27-33(43(49)39(29-37)47(7,8)35-21-15-13-16-22-35)31-51-41-25-19-11-12-20-26-42(41)52-32-34-28-38(46(4,5)6)30-40(44(34)50)48(9,10)36-23-17-14-18-24-36/h13-18,21-24,27-30,41-42,49-50H,11-12,19-20,25-26,31-32H2,1-10H3/t41-,42?/m0/s1. The van der Waals surface area contributed by atoms with Crippen LogP contribution in [0.2, 0.25) is 0 Å². The molecule has 0 aromatic heterocycles. The lowest BCUT2D eigenvalue weighted by molar-refractivity contribution is 0.445. The number of hydrogen-bond donors (Lipinski definition) is 2. The monoisotopic (exact) mass is 736 g/mol. The average molecular weight is 737 g/mol. The lowest BCUT2D eigenvalue weighted by Gasteiger charge is -2.32. The predicted molar refractivity (Wildman–Crippen MR) is 229 cm³/mol. The van der Waals surface area contributed by atoms with E-state index in [1.807, 2.05) is 23.5 Å². The van der Waals surface area contributed by atoms with Crippen LogP contribution in [-0.4, -0.2) is 20.7 Å². The zero-order valence-corrected chi connectivity index (χ0v) is 35.2. The van der Waals surface area contributed by atoms with Crippen LogP contribution in [0.3, 0.4) is 0 Å². The first-order chi connectivity index (χ1) is 24.4. The molecule has 1 unspecified atom stereocenters. The van der Waals surface area contributed by atoms with E-state index in [2.05, 4.69) is 154 Å². The molecule has 4 aromatic rings. The van der Waals surface area contributed by atoms with Crippen molar-refractivity contribution in [3.05, 3.63) is 129 Å². The van der Waals surface area contributed by atoms with Crippen LogP contribution in [0.1, 0.15) is 152 Å². The fraction of sp³-hybridized carbons (Fsp3) is 0.500. The van der Waals surface area contributed by atoms with Crippen molar-refractivity contribution in [3.63, 3.8) is 0 Å². The summed E-state index contributed by atoms with van der Waals surface area (Å²) in [7, 11) is 0. The summed E-state index contributed by atoms with van der Waals surface area (Å²) in [6.45, 7) is 22.6. The zero-order valence-electron chi connectivity index (χ0n) is 33.6. The molecule has 4 aromatic carbocycles. The van der Waals surface area contributed by atoms with Crippen molar-refractivity contribution >= 4 is 23.5 Å². The Hall–Kier alpha value is -2.82. The molecule has 0 amide bonds. The lowest BCUT2D eigenvalue weighted by atomic mass is 9.74. The minimum atomic E-state index is -0.331. The summed E-state index contributed by atoms with van der Waals surface area (Å²) >= 11 is 4.08. The van der Waals surface area contributed by atoms with Gasteiger partial charge in [0.05, 0.1) is 0 Å². The molecule has 0 radical (unpaired) electrons. The van der Waals surface area contributed by atoms with Crippen molar-refractivity contribution < 1.29 is 10.2 Å². The van der Waals surface area contributed by atoms with Gasteiger partial charge in [0.1, 0.15) is 11.5 Å². The van der Waals surface area contributed by atoms with Crippen LogP contribution in [0, 0.1) is 0 Å². The minimum absolute atomic E-state index is 0.0369. The van der Waals surface area contributed by atoms with Crippen molar-refractivity contribution in [2.45, 2.75) is 151 Å². The number of hydrogen-bond acceptors (Lipinski definition) is 4. The maximum Gasteiger partial charge on any atom is 0.123 e. The molecule has 1 aliphatic rings.